The molecule has 5 nitrogen and oxygen atoms in total. The van der Waals surface area contributed by atoms with Gasteiger partial charge in [0.15, 0.2) is 0 Å². The summed E-state index contributed by atoms with van der Waals surface area (Å²) in [7, 11) is 0. The number of carbonyl (C=O) groups is 2. The number of hydrogen-bond donors (Lipinski definition) is 2. The van der Waals surface area contributed by atoms with Gasteiger partial charge in [0.05, 0.1) is 22.9 Å². The first-order valence-corrected chi connectivity index (χ1v) is 8.56. The Labute approximate surface area is 151 Å². The lowest BCUT2D eigenvalue weighted by Gasteiger charge is -2.17. The van der Waals surface area contributed by atoms with Gasteiger partial charge in [-0.25, -0.2) is 0 Å². The molecule has 0 radical (unpaired) electrons. The molecule has 1 saturated carbocycles. The van der Waals surface area contributed by atoms with E-state index in [1.807, 2.05) is 38.1 Å². The van der Waals surface area contributed by atoms with Crippen molar-refractivity contribution in [2.24, 2.45) is 5.41 Å². The number of amides is 2. The SMILES string of the molecule is Cc1cc(C)c(NC(=O)C2(C(=O)NCc3ccccn3)CC2)c(Cl)c1. The van der Waals surface area contributed by atoms with Gasteiger partial charge in [-0.15, -0.1) is 0 Å². The van der Waals surface area contributed by atoms with Gasteiger partial charge >= 0.3 is 0 Å². The van der Waals surface area contributed by atoms with Gasteiger partial charge in [-0.3, -0.25) is 14.6 Å². The van der Waals surface area contributed by atoms with Crippen molar-refractivity contribution in [1.82, 2.24) is 10.3 Å². The van der Waals surface area contributed by atoms with Gasteiger partial charge < -0.3 is 10.6 Å². The van der Waals surface area contributed by atoms with Gasteiger partial charge in [-0.2, -0.15) is 0 Å². The van der Waals surface area contributed by atoms with Crippen molar-refractivity contribution in [2.45, 2.75) is 33.2 Å². The van der Waals surface area contributed by atoms with Crippen molar-refractivity contribution < 1.29 is 9.59 Å². The number of aryl methyl sites for hydroxylation is 2. The normalized spacial score (nSPS) is 14.7. The van der Waals surface area contributed by atoms with E-state index in [0.29, 0.717) is 30.1 Å². The lowest BCUT2D eigenvalue weighted by atomic mass is 10.0. The number of nitrogens with zero attached hydrogens (tertiary/aromatic N) is 1. The van der Waals surface area contributed by atoms with Crippen LogP contribution in [0.15, 0.2) is 36.5 Å². The molecule has 1 aliphatic rings. The third-order valence-corrected chi connectivity index (χ3v) is 4.74. The highest BCUT2D eigenvalue weighted by Gasteiger charge is 2.56. The van der Waals surface area contributed by atoms with Crippen molar-refractivity contribution in [3.05, 3.63) is 58.4 Å². The monoisotopic (exact) mass is 357 g/mol. The van der Waals surface area contributed by atoms with Gasteiger partial charge in [-0.1, -0.05) is 23.7 Å². The molecule has 2 aromatic rings. The largest absolute Gasteiger partial charge is 0.350 e. The summed E-state index contributed by atoms with van der Waals surface area (Å²) < 4.78 is 0. The zero-order valence-electron chi connectivity index (χ0n) is 14.2. The first-order chi connectivity index (χ1) is 11.9. The van der Waals surface area contributed by atoms with E-state index in [9.17, 15) is 9.59 Å². The molecule has 1 aliphatic carbocycles. The number of anilines is 1. The van der Waals surface area contributed by atoms with E-state index in [0.717, 1.165) is 16.8 Å². The number of aromatic nitrogens is 1. The summed E-state index contributed by atoms with van der Waals surface area (Å²) in [5.41, 5.74) is 2.22. The van der Waals surface area contributed by atoms with Crippen LogP contribution in [-0.2, 0) is 16.1 Å². The molecular formula is C19H20ClN3O2. The average molecular weight is 358 g/mol. The maximum Gasteiger partial charge on any atom is 0.240 e. The Bertz CT molecular complexity index is 794. The predicted molar refractivity (Wildman–Crippen MR) is 97.3 cm³/mol. The Morgan fingerprint density at radius 3 is 2.56 bits per heavy atom. The lowest BCUT2D eigenvalue weighted by Crippen LogP contribution is -2.39. The zero-order valence-corrected chi connectivity index (χ0v) is 15.0. The summed E-state index contributed by atoms with van der Waals surface area (Å²) >= 11 is 6.25. The van der Waals surface area contributed by atoms with Crippen LogP contribution in [0.5, 0.6) is 0 Å². The zero-order chi connectivity index (χ0) is 18.0. The Morgan fingerprint density at radius 2 is 1.96 bits per heavy atom. The lowest BCUT2D eigenvalue weighted by molar-refractivity contribution is -0.134. The fourth-order valence-electron chi connectivity index (χ4n) is 2.83. The molecule has 1 fully saturated rings. The van der Waals surface area contributed by atoms with Gasteiger partial charge in [0.25, 0.3) is 0 Å². The molecule has 0 aliphatic heterocycles. The molecule has 6 heteroatoms. The molecule has 1 aromatic heterocycles. The van der Waals surface area contributed by atoms with Crippen LogP contribution in [0.4, 0.5) is 5.69 Å². The Hall–Kier alpha value is -2.40. The van der Waals surface area contributed by atoms with Crippen LogP contribution in [0.1, 0.15) is 29.7 Å². The molecule has 0 atom stereocenters. The summed E-state index contributed by atoms with van der Waals surface area (Å²) in [6, 6.07) is 9.24. The van der Waals surface area contributed by atoms with Crippen LogP contribution in [0.2, 0.25) is 5.02 Å². The van der Waals surface area contributed by atoms with Crippen molar-refractivity contribution in [3.63, 3.8) is 0 Å². The molecule has 0 unspecified atom stereocenters. The summed E-state index contributed by atoms with van der Waals surface area (Å²) in [6.07, 6.45) is 2.74. The highest BCUT2D eigenvalue weighted by atomic mass is 35.5. The Kier molecular flexibility index (Phi) is 4.77. The van der Waals surface area contributed by atoms with E-state index < -0.39 is 5.41 Å². The van der Waals surface area contributed by atoms with E-state index in [1.54, 1.807) is 12.3 Å². The third kappa shape index (κ3) is 3.66. The van der Waals surface area contributed by atoms with Gasteiger partial charge in [0.2, 0.25) is 11.8 Å². The minimum atomic E-state index is -1.00. The van der Waals surface area contributed by atoms with Gasteiger partial charge in [0, 0.05) is 6.20 Å². The number of carbonyl (C=O) groups excluding carboxylic acids is 2. The third-order valence-electron chi connectivity index (χ3n) is 4.45. The molecular weight excluding hydrogens is 338 g/mol. The second kappa shape index (κ2) is 6.84. The number of halogens is 1. The second-order valence-electron chi connectivity index (χ2n) is 6.48. The fourth-order valence-corrected chi connectivity index (χ4v) is 3.20. The standard InChI is InChI=1S/C19H20ClN3O2/c1-12-9-13(2)16(15(20)10-12)23-18(25)19(6-7-19)17(24)22-11-14-5-3-4-8-21-14/h3-5,8-10H,6-7,11H2,1-2H3,(H,22,24)(H,23,25). The predicted octanol–water partition coefficient (Wildman–Crippen LogP) is 3.39. The molecule has 3 rings (SSSR count). The molecule has 25 heavy (non-hydrogen) atoms. The highest BCUT2D eigenvalue weighted by molar-refractivity contribution is 6.34. The molecule has 0 saturated heterocycles. The Balaban J connectivity index is 1.68. The van der Waals surface area contributed by atoms with Crippen LogP contribution >= 0.6 is 11.6 Å². The average Bonchev–Trinajstić information content (AvgIpc) is 3.38. The van der Waals surface area contributed by atoms with Crippen molar-refractivity contribution in [3.8, 4) is 0 Å². The molecule has 1 heterocycles. The van der Waals surface area contributed by atoms with Crippen LogP contribution in [0.3, 0.4) is 0 Å². The molecule has 1 aromatic carbocycles. The molecule has 0 bridgehead atoms. The van der Waals surface area contributed by atoms with E-state index in [2.05, 4.69) is 15.6 Å². The molecule has 130 valence electrons. The smallest absolute Gasteiger partial charge is 0.240 e. The van der Waals surface area contributed by atoms with Crippen molar-refractivity contribution >= 4 is 29.1 Å². The summed E-state index contributed by atoms with van der Waals surface area (Å²) in [5.74, 6) is -0.573. The van der Waals surface area contributed by atoms with E-state index in [4.69, 9.17) is 11.6 Å². The number of benzene rings is 1. The van der Waals surface area contributed by atoms with Crippen LogP contribution in [-0.4, -0.2) is 16.8 Å². The minimum Gasteiger partial charge on any atom is -0.350 e. The number of pyridine rings is 1. The summed E-state index contributed by atoms with van der Waals surface area (Å²) in [6.45, 7) is 4.13. The number of hydrogen-bond acceptors (Lipinski definition) is 3. The number of rotatable bonds is 5. The van der Waals surface area contributed by atoms with Gasteiger partial charge in [-0.05, 0) is 56.0 Å². The minimum absolute atomic E-state index is 0.267. The van der Waals surface area contributed by atoms with Crippen LogP contribution in [0, 0.1) is 19.3 Å². The quantitative estimate of drug-likeness (QED) is 0.806. The van der Waals surface area contributed by atoms with Crippen molar-refractivity contribution in [1.29, 1.82) is 0 Å². The molecule has 2 amide bonds. The second-order valence-corrected chi connectivity index (χ2v) is 6.89. The van der Waals surface area contributed by atoms with Crippen molar-refractivity contribution in [2.75, 3.05) is 5.32 Å². The summed E-state index contributed by atoms with van der Waals surface area (Å²) in [4.78, 5) is 29.4. The number of nitrogens with one attached hydrogen (secondary N) is 2. The van der Waals surface area contributed by atoms with E-state index in [1.165, 1.54) is 0 Å². The maximum absolute atomic E-state index is 12.7. The maximum atomic E-state index is 12.7. The topological polar surface area (TPSA) is 71.1 Å². The molecule has 0 spiro atoms. The van der Waals surface area contributed by atoms with E-state index >= 15 is 0 Å². The molecule has 2 N–H and O–H groups in total. The van der Waals surface area contributed by atoms with E-state index in [-0.39, 0.29) is 11.8 Å². The first-order valence-electron chi connectivity index (χ1n) is 8.19. The fraction of sp³-hybridized carbons (Fsp3) is 0.316. The highest BCUT2D eigenvalue weighted by Crippen LogP contribution is 2.47. The van der Waals surface area contributed by atoms with Gasteiger partial charge in [0.1, 0.15) is 5.41 Å². The van der Waals surface area contributed by atoms with Crippen LogP contribution < -0.4 is 10.6 Å². The first kappa shape index (κ1) is 17.4. The van der Waals surface area contributed by atoms with Crippen LogP contribution in [0.25, 0.3) is 0 Å². The Morgan fingerprint density at radius 1 is 1.20 bits per heavy atom. The summed E-state index contributed by atoms with van der Waals surface area (Å²) in [5, 5.41) is 6.13.